The third-order valence-electron chi connectivity index (χ3n) is 4.57. The van der Waals surface area contributed by atoms with Crippen LogP contribution in [-0.4, -0.2) is 34.4 Å². The van der Waals surface area contributed by atoms with E-state index in [9.17, 15) is 4.79 Å². The molecule has 1 aromatic heterocycles. The summed E-state index contributed by atoms with van der Waals surface area (Å²) in [5, 5.41) is 0. The predicted octanol–water partition coefficient (Wildman–Crippen LogP) is 0.437. The molecule has 1 unspecified atom stereocenters. The summed E-state index contributed by atoms with van der Waals surface area (Å²) in [6, 6.07) is 4.24. The molecule has 0 amide bonds. The highest BCUT2D eigenvalue weighted by Gasteiger charge is 2.40. The standard InChI is InChI=1S/C14H18N4O2/c1-16-11-3-8(15)4-12(13(11)17(2)14(16)19)18-6-10-5-9(18)7-20-10/h3-4,9-10H,5-7,15H2,1-2H3/t9-,10?/m0/s1. The second kappa shape index (κ2) is 3.79. The first-order chi connectivity index (χ1) is 9.56. The van der Waals surface area contributed by atoms with E-state index < -0.39 is 0 Å². The molecule has 3 heterocycles. The monoisotopic (exact) mass is 274 g/mol. The maximum atomic E-state index is 12.2. The van der Waals surface area contributed by atoms with Crippen LogP contribution >= 0.6 is 0 Å². The Kier molecular flexibility index (Phi) is 2.24. The highest BCUT2D eigenvalue weighted by molar-refractivity contribution is 5.93. The number of aromatic nitrogens is 2. The first kappa shape index (κ1) is 11.8. The minimum absolute atomic E-state index is 0.0209. The lowest BCUT2D eigenvalue weighted by atomic mass is 10.2. The lowest BCUT2D eigenvalue weighted by Crippen LogP contribution is -2.37. The zero-order valence-electron chi connectivity index (χ0n) is 11.7. The molecule has 2 bridgehead atoms. The Hall–Kier alpha value is -1.95. The summed E-state index contributed by atoms with van der Waals surface area (Å²) in [5.41, 5.74) is 9.60. The van der Waals surface area contributed by atoms with Gasteiger partial charge in [0.05, 0.1) is 35.5 Å². The number of imidazole rings is 1. The van der Waals surface area contributed by atoms with Crippen LogP contribution < -0.4 is 16.3 Å². The van der Waals surface area contributed by atoms with E-state index in [0.717, 1.165) is 36.3 Å². The van der Waals surface area contributed by atoms with Crippen LogP contribution in [0.15, 0.2) is 16.9 Å². The normalized spacial score (nSPS) is 25.0. The van der Waals surface area contributed by atoms with E-state index in [1.807, 2.05) is 19.2 Å². The lowest BCUT2D eigenvalue weighted by molar-refractivity contribution is 0.0992. The summed E-state index contributed by atoms with van der Waals surface area (Å²) in [7, 11) is 3.60. The zero-order chi connectivity index (χ0) is 14.0. The minimum atomic E-state index is -0.0209. The van der Waals surface area contributed by atoms with Crippen LogP contribution in [0, 0.1) is 0 Å². The van der Waals surface area contributed by atoms with E-state index in [1.54, 1.807) is 16.2 Å². The van der Waals surface area contributed by atoms with Crippen molar-refractivity contribution in [1.82, 2.24) is 9.13 Å². The smallest absolute Gasteiger partial charge is 0.328 e. The van der Waals surface area contributed by atoms with Crippen molar-refractivity contribution in [2.45, 2.75) is 18.6 Å². The fourth-order valence-electron chi connectivity index (χ4n) is 3.56. The highest BCUT2D eigenvalue weighted by Crippen LogP contribution is 2.37. The second-order valence-corrected chi connectivity index (χ2v) is 5.81. The summed E-state index contributed by atoms with van der Waals surface area (Å²) in [6.45, 7) is 1.65. The van der Waals surface area contributed by atoms with Crippen LogP contribution in [-0.2, 0) is 18.8 Å². The van der Waals surface area contributed by atoms with Crippen molar-refractivity contribution in [2.75, 3.05) is 23.8 Å². The fraction of sp³-hybridized carbons (Fsp3) is 0.500. The first-order valence-corrected chi connectivity index (χ1v) is 6.89. The molecule has 0 saturated carbocycles. The van der Waals surface area contributed by atoms with Gasteiger partial charge < -0.3 is 15.4 Å². The van der Waals surface area contributed by atoms with E-state index in [1.165, 1.54) is 0 Å². The Morgan fingerprint density at radius 1 is 1.30 bits per heavy atom. The molecule has 0 spiro atoms. The van der Waals surface area contributed by atoms with Crippen molar-refractivity contribution in [1.29, 1.82) is 0 Å². The van der Waals surface area contributed by atoms with Gasteiger partial charge in [0, 0.05) is 26.3 Å². The molecule has 2 aromatic rings. The average Bonchev–Trinajstić information content (AvgIpc) is 3.10. The Morgan fingerprint density at radius 2 is 2.10 bits per heavy atom. The molecule has 0 radical (unpaired) electrons. The number of hydrogen-bond acceptors (Lipinski definition) is 4. The number of anilines is 2. The number of nitrogen functional groups attached to an aromatic ring is 1. The largest absolute Gasteiger partial charge is 0.399 e. The van der Waals surface area contributed by atoms with E-state index in [-0.39, 0.29) is 5.69 Å². The second-order valence-electron chi connectivity index (χ2n) is 5.81. The molecule has 106 valence electrons. The van der Waals surface area contributed by atoms with Gasteiger partial charge in [-0.25, -0.2) is 4.79 Å². The minimum Gasteiger partial charge on any atom is -0.399 e. The maximum absolute atomic E-state index is 12.2. The number of benzene rings is 1. The number of nitrogens with two attached hydrogens (primary N) is 1. The molecule has 2 atom stereocenters. The van der Waals surface area contributed by atoms with Crippen molar-refractivity contribution in [3.63, 3.8) is 0 Å². The summed E-state index contributed by atoms with van der Waals surface area (Å²) in [4.78, 5) is 14.5. The first-order valence-electron chi connectivity index (χ1n) is 6.89. The fourth-order valence-corrected chi connectivity index (χ4v) is 3.56. The van der Waals surface area contributed by atoms with E-state index in [2.05, 4.69) is 4.90 Å². The highest BCUT2D eigenvalue weighted by atomic mass is 16.5. The Morgan fingerprint density at radius 3 is 2.75 bits per heavy atom. The number of aryl methyl sites for hydroxylation is 2. The number of fused-ring (bicyclic) bond motifs is 3. The van der Waals surface area contributed by atoms with Crippen LogP contribution in [0.25, 0.3) is 11.0 Å². The lowest BCUT2D eigenvalue weighted by Gasteiger charge is -2.29. The Bertz CT molecular complexity index is 761. The molecule has 4 rings (SSSR count). The molecular formula is C14H18N4O2. The van der Waals surface area contributed by atoms with Crippen molar-refractivity contribution < 1.29 is 4.74 Å². The average molecular weight is 274 g/mol. The van der Waals surface area contributed by atoms with Gasteiger partial charge in [-0.1, -0.05) is 0 Å². The molecular weight excluding hydrogens is 256 g/mol. The summed E-state index contributed by atoms with van der Waals surface area (Å²) < 4.78 is 9.02. The topological polar surface area (TPSA) is 65.4 Å². The Balaban J connectivity index is 1.99. The summed E-state index contributed by atoms with van der Waals surface area (Å²) in [6.07, 6.45) is 1.38. The van der Waals surface area contributed by atoms with Crippen LogP contribution in [0.1, 0.15) is 6.42 Å². The summed E-state index contributed by atoms with van der Waals surface area (Å²) >= 11 is 0. The third-order valence-corrected chi connectivity index (χ3v) is 4.57. The molecule has 0 aliphatic carbocycles. The number of rotatable bonds is 1. The molecule has 6 nitrogen and oxygen atoms in total. The molecule has 2 aliphatic heterocycles. The molecule has 2 fully saturated rings. The maximum Gasteiger partial charge on any atom is 0.328 e. The molecule has 20 heavy (non-hydrogen) atoms. The van der Waals surface area contributed by atoms with Gasteiger partial charge in [0.1, 0.15) is 0 Å². The molecule has 2 N–H and O–H groups in total. The van der Waals surface area contributed by atoms with Gasteiger partial charge >= 0.3 is 5.69 Å². The van der Waals surface area contributed by atoms with Crippen molar-refractivity contribution in [3.8, 4) is 0 Å². The van der Waals surface area contributed by atoms with Gasteiger partial charge in [0.15, 0.2) is 0 Å². The van der Waals surface area contributed by atoms with Crippen molar-refractivity contribution in [3.05, 3.63) is 22.6 Å². The quantitative estimate of drug-likeness (QED) is 0.766. The van der Waals surface area contributed by atoms with Gasteiger partial charge in [0.2, 0.25) is 0 Å². The van der Waals surface area contributed by atoms with Crippen LogP contribution in [0.2, 0.25) is 0 Å². The van der Waals surface area contributed by atoms with E-state index in [4.69, 9.17) is 10.5 Å². The van der Waals surface area contributed by atoms with E-state index in [0.29, 0.717) is 17.8 Å². The number of nitrogens with zero attached hydrogens (tertiary/aromatic N) is 3. The van der Waals surface area contributed by atoms with Gasteiger partial charge in [0.25, 0.3) is 0 Å². The SMILES string of the molecule is Cn1c(=O)n(C)c2c(N3CC4C[C@H]3CO4)cc(N)cc21. The molecule has 2 aliphatic rings. The molecule has 1 aromatic carbocycles. The Labute approximate surface area is 116 Å². The zero-order valence-corrected chi connectivity index (χ0v) is 11.7. The summed E-state index contributed by atoms with van der Waals surface area (Å²) in [5.74, 6) is 0. The van der Waals surface area contributed by atoms with Crippen molar-refractivity contribution in [2.24, 2.45) is 14.1 Å². The van der Waals surface area contributed by atoms with Gasteiger partial charge in [-0.2, -0.15) is 0 Å². The van der Waals surface area contributed by atoms with Crippen LogP contribution in [0.3, 0.4) is 0 Å². The number of hydrogen-bond donors (Lipinski definition) is 1. The predicted molar refractivity (Wildman–Crippen MR) is 78.1 cm³/mol. The van der Waals surface area contributed by atoms with Gasteiger partial charge in [-0.15, -0.1) is 0 Å². The third kappa shape index (κ3) is 1.39. The number of ether oxygens (including phenoxy) is 1. The van der Waals surface area contributed by atoms with Gasteiger partial charge in [-0.3, -0.25) is 9.13 Å². The van der Waals surface area contributed by atoms with Crippen LogP contribution in [0.5, 0.6) is 0 Å². The van der Waals surface area contributed by atoms with Crippen molar-refractivity contribution >= 4 is 22.4 Å². The molecule has 2 saturated heterocycles. The number of morpholine rings is 1. The molecule has 6 heteroatoms. The van der Waals surface area contributed by atoms with Crippen LogP contribution in [0.4, 0.5) is 11.4 Å². The van der Waals surface area contributed by atoms with E-state index >= 15 is 0 Å². The van der Waals surface area contributed by atoms with Gasteiger partial charge in [-0.05, 0) is 18.6 Å².